The molecule has 0 spiro atoms. The molecule has 15 nitrogen and oxygen atoms in total. The highest BCUT2D eigenvalue weighted by atomic mass is 16.5. The molecule has 7 N–H and O–H groups in total. The molecule has 7 amide bonds. The molecule has 15 heteroatoms. The summed E-state index contributed by atoms with van der Waals surface area (Å²) in [4.78, 5) is 73.8. The first-order valence-corrected chi connectivity index (χ1v) is 13.8. The van der Waals surface area contributed by atoms with E-state index in [2.05, 4.69) is 21.3 Å². The number of benzene rings is 1. The van der Waals surface area contributed by atoms with Gasteiger partial charge in [-0.3, -0.25) is 28.9 Å². The van der Waals surface area contributed by atoms with Crippen molar-refractivity contribution in [1.82, 2.24) is 20.9 Å². The van der Waals surface area contributed by atoms with Gasteiger partial charge < -0.3 is 41.6 Å². The van der Waals surface area contributed by atoms with E-state index in [-0.39, 0.29) is 58.5 Å². The fourth-order valence-electron chi connectivity index (χ4n) is 3.91. The van der Waals surface area contributed by atoms with Crippen LogP contribution < -0.4 is 27.0 Å². The third-order valence-electron chi connectivity index (χ3n) is 6.24. The molecule has 0 saturated heterocycles. The van der Waals surface area contributed by atoms with Crippen LogP contribution in [0.15, 0.2) is 36.4 Å². The number of primary amides is 1. The van der Waals surface area contributed by atoms with Crippen molar-refractivity contribution in [2.24, 2.45) is 11.7 Å². The van der Waals surface area contributed by atoms with Gasteiger partial charge in [-0.2, -0.15) is 0 Å². The van der Waals surface area contributed by atoms with E-state index in [1.807, 2.05) is 0 Å². The second kappa shape index (κ2) is 18.3. The van der Waals surface area contributed by atoms with E-state index in [1.54, 1.807) is 38.1 Å². The Bertz CT molecular complexity index is 1140. The van der Waals surface area contributed by atoms with Gasteiger partial charge in [0.15, 0.2) is 0 Å². The summed E-state index contributed by atoms with van der Waals surface area (Å²) in [6.45, 7) is 3.57. The monoisotopic (exact) mass is 604 g/mol. The molecule has 0 fully saturated rings. The first-order valence-electron chi connectivity index (χ1n) is 13.8. The van der Waals surface area contributed by atoms with Gasteiger partial charge in [-0.05, 0) is 36.5 Å². The quantitative estimate of drug-likeness (QED) is 0.0854. The number of carbonyl (C=O) groups is 6. The van der Waals surface area contributed by atoms with E-state index in [9.17, 15) is 33.9 Å². The predicted molar refractivity (Wildman–Crippen MR) is 154 cm³/mol. The van der Waals surface area contributed by atoms with Crippen LogP contribution in [0.1, 0.15) is 32.3 Å². The Kier molecular flexibility index (Phi) is 14.8. The summed E-state index contributed by atoms with van der Waals surface area (Å²) in [5.74, 6) is -2.76. The molecule has 1 aromatic carbocycles. The summed E-state index contributed by atoms with van der Waals surface area (Å²) >= 11 is 0. The van der Waals surface area contributed by atoms with Crippen LogP contribution >= 0.6 is 0 Å². The fourth-order valence-corrected chi connectivity index (χ4v) is 3.91. The smallest absolute Gasteiger partial charge is 0.312 e. The zero-order chi connectivity index (χ0) is 31.8. The maximum absolute atomic E-state index is 13.2. The summed E-state index contributed by atoms with van der Waals surface area (Å²) in [5.41, 5.74) is 6.22. The molecule has 236 valence electrons. The third-order valence-corrected chi connectivity index (χ3v) is 6.24. The van der Waals surface area contributed by atoms with Crippen molar-refractivity contribution < 1.29 is 43.3 Å². The fraction of sp³-hybridized carbons (Fsp3) is 0.500. The van der Waals surface area contributed by atoms with Crippen LogP contribution in [0.25, 0.3) is 0 Å². The molecular formula is C28H40N6O9. The second-order valence-electron chi connectivity index (χ2n) is 9.95. The number of aliphatic hydroxyl groups is 1. The number of nitrogens with two attached hydrogens (primary N) is 1. The summed E-state index contributed by atoms with van der Waals surface area (Å²) in [7, 11) is 0. The van der Waals surface area contributed by atoms with Crippen LogP contribution in [-0.4, -0.2) is 97.2 Å². The minimum Gasteiger partial charge on any atom is -0.392 e. The molecule has 0 radical (unpaired) electrons. The maximum Gasteiger partial charge on any atom is 0.312 e. The van der Waals surface area contributed by atoms with Crippen molar-refractivity contribution in [2.75, 3.05) is 44.8 Å². The molecule has 2 atom stereocenters. The van der Waals surface area contributed by atoms with E-state index < -0.39 is 47.7 Å². The highest BCUT2D eigenvalue weighted by Crippen LogP contribution is 2.12. The van der Waals surface area contributed by atoms with Gasteiger partial charge in [0.2, 0.25) is 17.7 Å². The van der Waals surface area contributed by atoms with E-state index in [0.717, 1.165) is 4.90 Å². The van der Waals surface area contributed by atoms with E-state index in [1.165, 1.54) is 12.2 Å². The molecule has 1 aliphatic heterocycles. The maximum atomic E-state index is 13.2. The van der Waals surface area contributed by atoms with Crippen molar-refractivity contribution in [1.29, 1.82) is 0 Å². The number of hydrogen-bond acceptors (Lipinski definition) is 9. The Balaban J connectivity index is 1.84. The Hall–Kier alpha value is -4.34. The van der Waals surface area contributed by atoms with Crippen molar-refractivity contribution in [3.63, 3.8) is 0 Å². The van der Waals surface area contributed by atoms with Crippen molar-refractivity contribution in [2.45, 2.75) is 45.4 Å². The lowest BCUT2D eigenvalue weighted by molar-refractivity contribution is -0.138. The Morgan fingerprint density at radius 2 is 1.58 bits per heavy atom. The Labute approximate surface area is 249 Å². The lowest BCUT2D eigenvalue weighted by atomic mass is 10.0. The summed E-state index contributed by atoms with van der Waals surface area (Å²) in [6.07, 6.45) is 2.88. The van der Waals surface area contributed by atoms with E-state index in [0.29, 0.717) is 17.7 Å². The number of anilines is 1. The zero-order valence-electron chi connectivity index (χ0n) is 24.3. The second-order valence-corrected chi connectivity index (χ2v) is 9.95. The largest absolute Gasteiger partial charge is 0.392 e. The van der Waals surface area contributed by atoms with Gasteiger partial charge in [-0.25, -0.2) is 4.79 Å². The van der Waals surface area contributed by atoms with Crippen LogP contribution in [0.4, 0.5) is 10.5 Å². The molecule has 2 rings (SSSR count). The first kappa shape index (κ1) is 34.9. The van der Waals surface area contributed by atoms with Crippen molar-refractivity contribution >= 4 is 41.3 Å². The summed E-state index contributed by atoms with van der Waals surface area (Å²) in [5, 5.41) is 19.7. The Morgan fingerprint density at radius 3 is 2.19 bits per heavy atom. The Morgan fingerprint density at radius 1 is 0.930 bits per heavy atom. The molecule has 1 aliphatic rings. The number of nitrogens with zero attached hydrogens (tertiary/aromatic N) is 1. The summed E-state index contributed by atoms with van der Waals surface area (Å²) < 4.78 is 10.6. The minimum absolute atomic E-state index is 0.0625. The molecule has 0 aromatic heterocycles. The molecular weight excluding hydrogens is 564 g/mol. The SMILES string of the molecule is CC(C)[C@H](NC(=O)COCCOCCN1C(=O)C=CC1=O)C(=O)NC(CCCNC(N)=O)C(=O)Nc1ccc(CO)cc1. The van der Waals surface area contributed by atoms with Crippen molar-refractivity contribution in [3.05, 3.63) is 42.0 Å². The van der Waals surface area contributed by atoms with Gasteiger partial charge in [-0.1, -0.05) is 26.0 Å². The predicted octanol–water partition coefficient (Wildman–Crippen LogP) is -0.850. The number of amides is 7. The molecule has 0 saturated carbocycles. The van der Waals surface area contributed by atoms with Crippen molar-refractivity contribution in [3.8, 4) is 0 Å². The number of carbonyl (C=O) groups excluding carboxylic acids is 6. The zero-order valence-corrected chi connectivity index (χ0v) is 24.3. The van der Waals surface area contributed by atoms with Crippen LogP contribution in [-0.2, 0) is 40.1 Å². The van der Waals surface area contributed by atoms with Gasteiger partial charge in [0.05, 0.1) is 33.0 Å². The lowest BCUT2D eigenvalue weighted by Gasteiger charge is -2.25. The van der Waals surface area contributed by atoms with Gasteiger partial charge in [0.25, 0.3) is 11.8 Å². The number of aliphatic hydroxyl groups excluding tert-OH is 1. The molecule has 0 bridgehead atoms. The van der Waals surface area contributed by atoms with E-state index in [4.69, 9.17) is 15.2 Å². The number of imide groups is 1. The number of urea groups is 1. The average molecular weight is 605 g/mol. The molecule has 0 aliphatic carbocycles. The van der Waals surface area contributed by atoms with Crippen LogP contribution in [0, 0.1) is 5.92 Å². The molecule has 1 aromatic rings. The highest BCUT2D eigenvalue weighted by Gasteiger charge is 2.29. The van der Waals surface area contributed by atoms with Crippen LogP contribution in [0.3, 0.4) is 0 Å². The topological polar surface area (TPSA) is 218 Å². The minimum atomic E-state index is -0.992. The number of rotatable bonds is 19. The lowest BCUT2D eigenvalue weighted by Crippen LogP contribution is -2.55. The highest BCUT2D eigenvalue weighted by molar-refractivity contribution is 6.12. The van der Waals surface area contributed by atoms with Gasteiger partial charge in [0, 0.05) is 24.4 Å². The van der Waals surface area contributed by atoms with Gasteiger partial charge in [0.1, 0.15) is 18.7 Å². The molecule has 1 heterocycles. The van der Waals surface area contributed by atoms with Crippen LogP contribution in [0.2, 0.25) is 0 Å². The molecule has 43 heavy (non-hydrogen) atoms. The number of ether oxygens (including phenoxy) is 2. The van der Waals surface area contributed by atoms with E-state index >= 15 is 0 Å². The molecule has 1 unspecified atom stereocenters. The standard InChI is InChI=1S/C28H40N6O9/c1-18(2)25(33-22(36)17-43-15-14-42-13-12-34-23(37)9-10-24(34)38)27(40)32-21(4-3-11-30-28(29)41)26(39)31-20-7-5-19(16-35)6-8-20/h5-10,18,21,25,35H,3-4,11-17H2,1-2H3,(H,31,39)(H,32,40)(H,33,36)(H3,29,30,41)/t21?,25-/m0/s1. The number of hydrogen-bond donors (Lipinski definition) is 6. The summed E-state index contributed by atoms with van der Waals surface area (Å²) in [6, 6.07) is 3.85. The normalized spacial score (nSPS) is 14.0. The van der Waals surface area contributed by atoms with Gasteiger partial charge >= 0.3 is 6.03 Å². The van der Waals surface area contributed by atoms with Gasteiger partial charge in [-0.15, -0.1) is 0 Å². The van der Waals surface area contributed by atoms with Crippen LogP contribution in [0.5, 0.6) is 0 Å². The number of nitrogens with one attached hydrogen (secondary N) is 4. The average Bonchev–Trinajstić information content (AvgIpc) is 3.29. The first-order chi connectivity index (χ1) is 20.5. The third kappa shape index (κ3) is 12.6.